The maximum atomic E-state index is 5.76. The molecule has 2 heteroatoms. The summed E-state index contributed by atoms with van der Waals surface area (Å²) in [6.45, 7) is 9.47. The van der Waals surface area contributed by atoms with Gasteiger partial charge in [-0.15, -0.1) is 0 Å². The summed E-state index contributed by atoms with van der Waals surface area (Å²) in [6.07, 6.45) is 5.35. The van der Waals surface area contributed by atoms with Gasteiger partial charge < -0.3 is 5.73 Å². The number of anilines is 1. The van der Waals surface area contributed by atoms with Gasteiger partial charge in [-0.05, 0) is 56.0 Å². The van der Waals surface area contributed by atoms with Crippen LogP contribution in [0, 0.1) is 5.41 Å². The van der Waals surface area contributed by atoms with Crippen LogP contribution in [0.5, 0.6) is 0 Å². The fraction of sp³-hybridized carbons (Fsp3) is 0.647. The molecule has 1 heterocycles. The third-order valence-corrected chi connectivity index (χ3v) is 5.33. The van der Waals surface area contributed by atoms with E-state index in [4.69, 9.17) is 5.73 Å². The van der Waals surface area contributed by atoms with E-state index in [0.29, 0.717) is 11.5 Å². The molecule has 2 rings (SSSR count). The predicted molar refractivity (Wildman–Crippen MR) is 83.1 cm³/mol. The topological polar surface area (TPSA) is 29.3 Å². The molecule has 2 nitrogen and oxygen atoms in total. The molecule has 0 aromatic heterocycles. The Labute approximate surface area is 118 Å². The Balaban J connectivity index is 1.99. The fourth-order valence-electron chi connectivity index (χ4n) is 3.33. The van der Waals surface area contributed by atoms with E-state index in [9.17, 15) is 0 Å². The van der Waals surface area contributed by atoms with Crippen molar-refractivity contribution in [2.75, 3.05) is 18.8 Å². The lowest BCUT2D eigenvalue weighted by atomic mass is 9.74. The van der Waals surface area contributed by atoms with Crippen molar-refractivity contribution >= 4 is 5.69 Å². The number of nitrogens with two attached hydrogens (primary N) is 1. The van der Waals surface area contributed by atoms with Gasteiger partial charge in [0.1, 0.15) is 0 Å². The highest BCUT2D eigenvalue weighted by Crippen LogP contribution is 2.39. The van der Waals surface area contributed by atoms with E-state index < -0.39 is 0 Å². The first-order chi connectivity index (χ1) is 9.10. The molecule has 1 atom stereocenters. The number of nitrogen functional groups attached to an aromatic ring is 1. The third-order valence-electron chi connectivity index (χ3n) is 5.33. The van der Waals surface area contributed by atoms with Crippen LogP contribution in [0.4, 0.5) is 5.69 Å². The van der Waals surface area contributed by atoms with Gasteiger partial charge in [0.2, 0.25) is 0 Å². The summed E-state index contributed by atoms with van der Waals surface area (Å²) in [5, 5.41) is 0. The van der Waals surface area contributed by atoms with Crippen LogP contribution >= 0.6 is 0 Å². The molecule has 0 aliphatic carbocycles. The molecule has 1 aliphatic rings. The number of hydrogen-bond acceptors (Lipinski definition) is 2. The monoisotopic (exact) mass is 260 g/mol. The van der Waals surface area contributed by atoms with Crippen LogP contribution in [0.2, 0.25) is 0 Å². The summed E-state index contributed by atoms with van der Waals surface area (Å²) >= 11 is 0. The number of benzene rings is 1. The molecule has 19 heavy (non-hydrogen) atoms. The van der Waals surface area contributed by atoms with Gasteiger partial charge in [0.05, 0.1) is 0 Å². The highest BCUT2D eigenvalue weighted by molar-refractivity contribution is 5.40. The Kier molecular flexibility index (Phi) is 4.51. The lowest BCUT2D eigenvalue weighted by Crippen LogP contribution is -2.40. The zero-order valence-electron chi connectivity index (χ0n) is 12.7. The number of hydrogen-bond donors (Lipinski definition) is 1. The van der Waals surface area contributed by atoms with Gasteiger partial charge in [-0.3, -0.25) is 4.90 Å². The van der Waals surface area contributed by atoms with E-state index in [-0.39, 0.29) is 0 Å². The van der Waals surface area contributed by atoms with Crippen molar-refractivity contribution in [1.82, 2.24) is 4.90 Å². The maximum absolute atomic E-state index is 5.76. The second-order valence-electron chi connectivity index (χ2n) is 6.09. The molecule has 1 fully saturated rings. The van der Waals surface area contributed by atoms with E-state index in [1.807, 2.05) is 12.1 Å². The van der Waals surface area contributed by atoms with Crippen LogP contribution in [0.1, 0.15) is 58.1 Å². The van der Waals surface area contributed by atoms with Crippen molar-refractivity contribution in [3.8, 4) is 0 Å². The average Bonchev–Trinajstić information content (AvgIpc) is 2.47. The second kappa shape index (κ2) is 5.96. The van der Waals surface area contributed by atoms with Crippen molar-refractivity contribution in [1.29, 1.82) is 0 Å². The van der Waals surface area contributed by atoms with Crippen molar-refractivity contribution in [3.63, 3.8) is 0 Å². The number of nitrogens with zero attached hydrogens (tertiary/aromatic N) is 1. The van der Waals surface area contributed by atoms with Crippen LogP contribution in [0.15, 0.2) is 24.3 Å². The summed E-state index contributed by atoms with van der Waals surface area (Å²) in [5.74, 6) is 0. The van der Waals surface area contributed by atoms with Gasteiger partial charge in [0.25, 0.3) is 0 Å². The number of piperidine rings is 1. The summed E-state index contributed by atoms with van der Waals surface area (Å²) < 4.78 is 0. The molecule has 0 radical (unpaired) electrons. The van der Waals surface area contributed by atoms with E-state index in [1.54, 1.807) is 0 Å². The lowest BCUT2D eigenvalue weighted by molar-refractivity contribution is 0.0710. The Morgan fingerprint density at radius 1 is 1.11 bits per heavy atom. The Hall–Kier alpha value is -1.02. The molecule has 0 saturated carbocycles. The predicted octanol–water partition coefficient (Wildman–Crippen LogP) is 4.23. The molecular weight excluding hydrogens is 232 g/mol. The standard InChI is InChI=1S/C17H28N2/c1-4-17(5-2)10-12-19(13-11-17)14(3)15-6-8-16(18)9-7-15/h6-9,14H,4-5,10-13,18H2,1-3H3. The van der Waals surface area contributed by atoms with E-state index >= 15 is 0 Å². The van der Waals surface area contributed by atoms with Crippen LogP contribution in [0.3, 0.4) is 0 Å². The van der Waals surface area contributed by atoms with Crippen molar-refractivity contribution in [2.45, 2.75) is 52.5 Å². The van der Waals surface area contributed by atoms with Gasteiger partial charge in [-0.25, -0.2) is 0 Å². The first kappa shape index (κ1) is 14.4. The van der Waals surface area contributed by atoms with Gasteiger partial charge in [-0.1, -0.05) is 38.8 Å². The summed E-state index contributed by atoms with van der Waals surface area (Å²) in [4.78, 5) is 2.62. The Morgan fingerprint density at radius 2 is 1.63 bits per heavy atom. The minimum Gasteiger partial charge on any atom is -0.399 e. The highest BCUT2D eigenvalue weighted by atomic mass is 15.2. The van der Waals surface area contributed by atoms with Gasteiger partial charge in [0, 0.05) is 11.7 Å². The summed E-state index contributed by atoms with van der Waals surface area (Å²) in [5.41, 5.74) is 8.61. The van der Waals surface area contributed by atoms with E-state index in [1.165, 1.54) is 44.3 Å². The van der Waals surface area contributed by atoms with Gasteiger partial charge in [-0.2, -0.15) is 0 Å². The molecule has 0 spiro atoms. The van der Waals surface area contributed by atoms with E-state index in [0.717, 1.165) is 5.69 Å². The molecule has 2 N–H and O–H groups in total. The zero-order chi connectivity index (χ0) is 13.9. The first-order valence-corrected chi connectivity index (χ1v) is 7.70. The number of rotatable bonds is 4. The van der Waals surface area contributed by atoms with Gasteiger partial charge in [0.15, 0.2) is 0 Å². The van der Waals surface area contributed by atoms with Crippen LogP contribution in [-0.2, 0) is 0 Å². The largest absolute Gasteiger partial charge is 0.399 e. The Bertz CT molecular complexity index is 382. The normalized spacial score (nSPS) is 21.2. The molecule has 1 saturated heterocycles. The van der Waals surface area contributed by atoms with Crippen molar-refractivity contribution in [3.05, 3.63) is 29.8 Å². The Morgan fingerprint density at radius 3 is 2.11 bits per heavy atom. The van der Waals surface area contributed by atoms with Crippen LogP contribution in [-0.4, -0.2) is 18.0 Å². The third kappa shape index (κ3) is 3.11. The smallest absolute Gasteiger partial charge is 0.0319 e. The van der Waals surface area contributed by atoms with Gasteiger partial charge >= 0.3 is 0 Å². The maximum Gasteiger partial charge on any atom is 0.0319 e. The van der Waals surface area contributed by atoms with Crippen molar-refractivity contribution < 1.29 is 0 Å². The molecule has 1 unspecified atom stereocenters. The SMILES string of the molecule is CCC1(CC)CCN(C(C)c2ccc(N)cc2)CC1. The van der Waals surface area contributed by atoms with Crippen LogP contribution in [0.25, 0.3) is 0 Å². The number of likely N-dealkylation sites (tertiary alicyclic amines) is 1. The lowest BCUT2D eigenvalue weighted by Gasteiger charge is -2.43. The minimum atomic E-state index is 0.507. The molecule has 1 aliphatic heterocycles. The molecule has 106 valence electrons. The summed E-state index contributed by atoms with van der Waals surface area (Å²) in [7, 11) is 0. The second-order valence-corrected chi connectivity index (χ2v) is 6.09. The highest BCUT2D eigenvalue weighted by Gasteiger charge is 2.32. The first-order valence-electron chi connectivity index (χ1n) is 7.70. The molecular formula is C17H28N2. The molecule has 1 aromatic carbocycles. The fourth-order valence-corrected chi connectivity index (χ4v) is 3.33. The quantitative estimate of drug-likeness (QED) is 0.821. The van der Waals surface area contributed by atoms with Crippen molar-refractivity contribution in [2.24, 2.45) is 5.41 Å². The minimum absolute atomic E-state index is 0.507. The zero-order valence-corrected chi connectivity index (χ0v) is 12.7. The molecule has 1 aromatic rings. The summed E-state index contributed by atoms with van der Waals surface area (Å²) in [6, 6.07) is 8.87. The molecule has 0 amide bonds. The van der Waals surface area contributed by atoms with Crippen LogP contribution < -0.4 is 5.73 Å². The average molecular weight is 260 g/mol. The van der Waals surface area contributed by atoms with E-state index in [2.05, 4.69) is 37.8 Å². The molecule has 0 bridgehead atoms.